The Morgan fingerprint density at radius 1 is 1.03 bits per heavy atom. The summed E-state index contributed by atoms with van der Waals surface area (Å²) in [4.78, 5) is 30.2. The van der Waals surface area contributed by atoms with Crippen molar-refractivity contribution in [2.24, 2.45) is 0 Å². The monoisotopic (exact) mass is 391 g/mol. The minimum atomic E-state index is -0.243. The number of ether oxygens (including phenoxy) is 1. The molecule has 0 spiro atoms. The molecule has 150 valence electrons. The maximum atomic E-state index is 13.5. The molecular weight excluding hydrogens is 366 g/mol. The molecule has 0 aromatic heterocycles. The zero-order chi connectivity index (χ0) is 20.5. The number of nitrogens with zero attached hydrogens (tertiary/aromatic N) is 2. The molecule has 4 rings (SSSR count). The number of hydrogen-bond acceptors (Lipinski definition) is 5. The van der Waals surface area contributed by atoms with Crippen LogP contribution >= 0.6 is 0 Å². The van der Waals surface area contributed by atoms with Crippen LogP contribution in [-0.4, -0.2) is 69.0 Å². The standard InChI is InChI=1S/C23H25N3O3/c1-24-10-11-25(2)12-13-26-22(27)17-8-9-19(29-3)18-14-15-6-4-5-7-16(15)21(20(17)18)23(26)28/h4-9,14,24H,10-13H2,1-3H3. The summed E-state index contributed by atoms with van der Waals surface area (Å²) in [6, 6.07) is 13.4. The number of carbonyl (C=O) groups excluding carboxylic acids is 2. The predicted octanol–water partition coefficient (Wildman–Crippen LogP) is 2.75. The molecule has 0 radical (unpaired) electrons. The molecule has 1 aliphatic rings. The first-order valence-electron chi connectivity index (χ1n) is 9.78. The summed E-state index contributed by atoms with van der Waals surface area (Å²) in [5, 5.41) is 6.42. The maximum absolute atomic E-state index is 13.5. The third-order valence-corrected chi connectivity index (χ3v) is 5.59. The molecular formula is C23H25N3O3. The summed E-state index contributed by atoms with van der Waals surface area (Å²) in [6.45, 7) is 2.68. The zero-order valence-electron chi connectivity index (χ0n) is 17.0. The minimum Gasteiger partial charge on any atom is -0.496 e. The molecule has 0 atom stereocenters. The van der Waals surface area contributed by atoms with Crippen LogP contribution < -0.4 is 10.1 Å². The van der Waals surface area contributed by atoms with Gasteiger partial charge in [-0.2, -0.15) is 0 Å². The smallest absolute Gasteiger partial charge is 0.262 e. The lowest BCUT2D eigenvalue weighted by Crippen LogP contribution is -2.44. The Bertz CT molecular complexity index is 1110. The number of hydrogen-bond donors (Lipinski definition) is 1. The van der Waals surface area contributed by atoms with Gasteiger partial charge >= 0.3 is 0 Å². The lowest BCUT2D eigenvalue weighted by Gasteiger charge is -2.30. The Morgan fingerprint density at radius 2 is 1.83 bits per heavy atom. The second-order valence-electron chi connectivity index (χ2n) is 7.38. The highest BCUT2D eigenvalue weighted by Crippen LogP contribution is 2.39. The normalized spacial score (nSPS) is 13.7. The lowest BCUT2D eigenvalue weighted by atomic mass is 9.89. The molecule has 3 aromatic carbocycles. The van der Waals surface area contributed by atoms with E-state index in [0.717, 1.165) is 29.2 Å². The van der Waals surface area contributed by atoms with Crippen molar-refractivity contribution in [1.82, 2.24) is 15.1 Å². The molecule has 0 fully saturated rings. The van der Waals surface area contributed by atoms with Crippen LogP contribution in [0.5, 0.6) is 5.75 Å². The van der Waals surface area contributed by atoms with Gasteiger partial charge in [0.2, 0.25) is 0 Å². The van der Waals surface area contributed by atoms with Crippen LogP contribution in [0.25, 0.3) is 21.5 Å². The Morgan fingerprint density at radius 3 is 2.59 bits per heavy atom. The Labute approximate surface area is 170 Å². The molecule has 1 N–H and O–H groups in total. The van der Waals surface area contributed by atoms with Crippen LogP contribution in [-0.2, 0) is 0 Å². The topological polar surface area (TPSA) is 61.9 Å². The van der Waals surface area contributed by atoms with Gasteiger partial charge in [0, 0.05) is 42.5 Å². The second-order valence-corrected chi connectivity index (χ2v) is 7.38. The fourth-order valence-corrected chi connectivity index (χ4v) is 3.99. The molecule has 2 amide bonds. The average molecular weight is 391 g/mol. The van der Waals surface area contributed by atoms with Gasteiger partial charge in [0.1, 0.15) is 5.75 Å². The van der Waals surface area contributed by atoms with Gasteiger partial charge in [-0.3, -0.25) is 14.5 Å². The van der Waals surface area contributed by atoms with Crippen LogP contribution in [0.3, 0.4) is 0 Å². The Hall–Kier alpha value is -2.96. The fourth-order valence-electron chi connectivity index (χ4n) is 3.99. The van der Waals surface area contributed by atoms with E-state index in [0.29, 0.717) is 35.4 Å². The number of methoxy groups -OCH3 is 1. The second kappa shape index (κ2) is 7.81. The largest absolute Gasteiger partial charge is 0.496 e. The van der Waals surface area contributed by atoms with Crippen LogP contribution in [0.4, 0.5) is 0 Å². The molecule has 0 unspecified atom stereocenters. The predicted molar refractivity (Wildman–Crippen MR) is 115 cm³/mol. The number of carbonyl (C=O) groups is 2. The fraction of sp³-hybridized carbons (Fsp3) is 0.304. The van der Waals surface area contributed by atoms with Crippen molar-refractivity contribution in [2.45, 2.75) is 0 Å². The highest BCUT2D eigenvalue weighted by molar-refractivity contribution is 6.31. The van der Waals surface area contributed by atoms with Gasteiger partial charge in [0.25, 0.3) is 11.8 Å². The Balaban J connectivity index is 1.83. The summed E-state index contributed by atoms with van der Waals surface area (Å²) in [5.74, 6) is 0.184. The van der Waals surface area contributed by atoms with E-state index in [1.165, 1.54) is 4.90 Å². The number of benzene rings is 3. The number of amides is 2. The molecule has 1 heterocycles. The van der Waals surface area contributed by atoms with Crippen molar-refractivity contribution in [3.8, 4) is 5.75 Å². The van der Waals surface area contributed by atoms with Crippen molar-refractivity contribution in [2.75, 3.05) is 47.4 Å². The van der Waals surface area contributed by atoms with Crippen molar-refractivity contribution in [3.63, 3.8) is 0 Å². The van der Waals surface area contributed by atoms with Gasteiger partial charge in [-0.25, -0.2) is 0 Å². The minimum absolute atomic E-state index is 0.237. The summed E-state index contributed by atoms with van der Waals surface area (Å²) in [6.07, 6.45) is 0. The summed E-state index contributed by atoms with van der Waals surface area (Å²) >= 11 is 0. The molecule has 1 aliphatic heterocycles. The van der Waals surface area contributed by atoms with E-state index in [2.05, 4.69) is 10.2 Å². The van der Waals surface area contributed by atoms with Gasteiger partial charge in [-0.1, -0.05) is 24.3 Å². The first kappa shape index (κ1) is 19.4. The number of rotatable bonds is 7. The summed E-state index contributed by atoms with van der Waals surface area (Å²) < 4.78 is 5.52. The van der Waals surface area contributed by atoms with Gasteiger partial charge in [-0.15, -0.1) is 0 Å². The van der Waals surface area contributed by atoms with E-state index in [1.807, 2.05) is 44.4 Å². The molecule has 0 saturated heterocycles. The number of imide groups is 1. The highest BCUT2D eigenvalue weighted by Gasteiger charge is 2.34. The first-order valence-corrected chi connectivity index (χ1v) is 9.78. The van der Waals surface area contributed by atoms with Crippen molar-refractivity contribution < 1.29 is 14.3 Å². The van der Waals surface area contributed by atoms with E-state index in [4.69, 9.17) is 4.74 Å². The van der Waals surface area contributed by atoms with Crippen molar-refractivity contribution in [3.05, 3.63) is 53.6 Å². The van der Waals surface area contributed by atoms with Gasteiger partial charge < -0.3 is 15.0 Å². The van der Waals surface area contributed by atoms with Crippen molar-refractivity contribution in [1.29, 1.82) is 0 Å². The molecule has 0 saturated carbocycles. The van der Waals surface area contributed by atoms with Crippen molar-refractivity contribution >= 4 is 33.4 Å². The highest BCUT2D eigenvalue weighted by atomic mass is 16.5. The van der Waals surface area contributed by atoms with Crippen LogP contribution in [0.1, 0.15) is 20.7 Å². The molecule has 0 aliphatic carbocycles. The molecule has 6 heteroatoms. The van der Waals surface area contributed by atoms with Crippen LogP contribution in [0.2, 0.25) is 0 Å². The third kappa shape index (κ3) is 3.24. The average Bonchev–Trinajstić information content (AvgIpc) is 2.74. The van der Waals surface area contributed by atoms with E-state index < -0.39 is 0 Å². The number of fused-ring (bicyclic) bond motifs is 2. The van der Waals surface area contributed by atoms with Crippen LogP contribution in [0, 0.1) is 0 Å². The lowest BCUT2D eigenvalue weighted by molar-refractivity contribution is 0.0599. The SMILES string of the molecule is CNCCN(C)CCN1C(=O)c2ccc(OC)c3cc4ccccc4c(c23)C1=O. The van der Waals surface area contributed by atoms with E-state index in [9.17, 15) is 9.59 Å². The summed E-state index contributed by atoms with van der Waals surface area (Å²) in [5.41, 5.74) is 1.14. The van der Waals surface area contributed by atoms with Crippen LogP contribution in [0.15, 0.2) is 42.5 Å². The van der Waals surface area contributed by atoms with E-state index in [1.54, 1.807) is 19.2 Å². The summed E-state index contributed by atoms with van der Waals surface area (Å²) in [7, 11) is 5.50. The zero-order valence-corrected chi connectivity index (χ0v) is 17.0. The molecule has 3 aromatic rings. The maximum Gasteiger partial charge on any atom is 0.262 e. The van der Waals surface area contributed by atoms with Gasteiger partial charge in [0.05, 0.1) is 12.7 Å². The first-order chi connectivity index (χ1) is 14.1. The van der Waals surface area contributed by atoms with E-state index >= 15 is 0 Å². The number of nitrogens with one attached hydrogen (secondary N) is 1. The van der Waals surface area contributed by atoms with Gasteiger partial charge in [-0.05, 0) is 43.1 Å². The number of likely N-dealkylation sites (N-methyl/N-ethyl adjacent to an activating group) is 2. The quantitative estimate of drug-likeness (QED) is 0.496. The van der Waals surface area contributed by atoms with E-state index in [-0.39, 0.29) is 11.8 Å². The Kier molecular flexibility index (Phi) is 5.22. The van der Waals surface area contributed by atoms with Gasteiger partial charge in [0.15, 0.2) is 0 Å². The molecule has 29 heavy (non-hydrogen) atoms. The molecule has 0 bridgehead atoms. The molecule has 6 nitrogen and oxygen atoms in total. The third-order valence-electron chi connectivity index (χ3n) is 5.59.